The number of carbonyl (C=O) groups is 2. The van der Waals surface area contributed by atoms with Crippen molar-refractivity contribution in [1.82, 2.24) is 4.98 Å². The fourth-order valence-electron chi connectivity index (χ4n) is 2.55. The Labute approximate surface area is 157 Å². The Hall–Kier alpha value is -3.41. The summed E-state index contributed by atoms with van der Waals surface area (Å²) in [6, 6.07) is 12.2. The molecule has 2 aromatic heterocycles. The topological polar surface area (TPSA) is 81.4 Å². The molecular weight excluding hydrogens is 344 g/mol. The number of esters is 1. The number of hydrogen-bond acceptors (Lipinski definition) is 5. The van der Waals surface area contributed by atoms with E-state index in [1.165, 1.54) is 6.26 Å². The third-order valence-electron chi connectivity index (χ3n) is 4.06. The minimum absolute atomic E-state index is 0.207. The van der Waals surface area contributed by atoms with Gasteiger partial charge in [0.05, 0.1) is 18.4 Å². The van der Waals surface area contributed by atoms with E-state index >= 15 is 0 Å². The van der Waals surface area contributed by atoms with Crippen molar-refractivity contribution in [1.29, 1.82) is 0 Å². The maximum absolute atomic E-state index is 12.3. The lowest BCUT2D eigenvalue weighted by atomic mass is 10.1. The number of rotatable bonds is 7. The number of nitrogens with zero attached hydrogens (tertiary/aromatic N) is 1. The van der Waals surface area contributed by atoms with Crippen LogP contribution >= 0.6 is 0 Å². The highest BCUT2D eigenvalue weighted by molar-refractivity contribution is 6.03. The monoisotopic (exact) mass is 364 g/mol. The van der Waals surface area contributed by atoms with Crippen molar-refractivity contribution >= 4 is 17.6 Å². The van der Waals surface area contributed by atoms with Crippen LogP contribution in [-0.4, -0.2) is 23.5 Å². The minimum Gasteiger partial charge on any atom is -0.462 e. The second kappa shape index (κ2) is 8.80. The number of nitrogens with one attached hydrogen (secondary N) is 1. The fourth-order valence-corrected chi connectivity index (χ4v) is 2.55. The molecule has 1 N–H and O–H groups in total. The van der Waals surface area contributed by atoms with Crippen molar-refractivity contribution < 1.29 is 18.7 Å². The second-order valence-corrected chi connectivity index (χ2v) is 6.06. The number of benzene rings is 1. The van der Waals surface area contributed by atoms with E-state index in [1.807, 2.05) is 19.1 Å². The molecule has 0 aliphatic rings. The molecule has 3 aromatic rings. The Morgan fingerprint density at radius 1 is 1.15 bits per heavy atom. The molecule has 0 spiro atoms. The van der Waals surface area contributed by atoms with Gasteiger partial charge in [-0.1, -0.05) is 6.07 Å². The number of hydrogen-bond donors (Lipinski definition) is 1. The average molecular weight is 364 g/mol. The van der Waals surface area contributed by atoms with E-state index in [2.05, 4.69) is 10.3 Å². The normalized spacial score (nSPS) is 10.4. The zero-order valence-corrected chi connectivity index (χ0v) is 15.0. The van der Waals surface area contributed by atoms with E-state index < -0.39 is 5.97 Å². The first-order valence-electron chi connectivity index (χ1n) is 8.65. The molecular formula is C21H20N2O4. The Morgan fingerprint density at radius 3 is 2.70 bits per heavy atom. The lowest BCUT2D eigenvalue weighted by Crippen LogP contribution is -2.13. The maximum Gasteiger partial charge on any atom is 0.338 e. The van der Waals surface area contributed by atoms with Gasteiger partial charge < -0.3 is 14.5 Å². The van der Waals surface area contributed by atoms with Crippen molar-refractivity contribution in [3.05, 3.63) is 83.6 Å². The highest BCUT2D eigenvalue weighted by Gasteiger charge is 2.13. The smallest absolute Gasteiger partial charge is 0.338 e. The Balaban J connectivity index is 1.56. The number of anilines is 1. The van der Waals surface area contributed by atoms with Gasteiger partial charge in [0.1, 0.15) is 0 Å². The molecule has 0 atom stereocenters. The number of aryl methyl sites for hydroxylation is 2. The molecule has 27 heavy (non-hydrogen) atoms. The molecule has 6 heteroatoms. The van der Waals surface area contributed by atoms with E-state index in [-0.39, 0.29) is 11.7 Å². The van der Waals surface area contributed by atoms with Crippen LogP contribution in [-0.2, 0) is 11.2 Å². The van der Waals surface area contributed by atoms with Crippen molar-refractivity contribution in [2.45, 2.75) is 19.8 Å². The zero-order chi connectivity index (χ0) is 19.1. The minimum atomic E-state index is -0.418. The van der Waals surface area contributed by atoms with Crippen molar-refractivity contribution in [3.8, 4) is 0 Å². The second-order valence-electron chi connectivity index (χ2n) is 6.06. The van der Waals surface area contributed by atoms with Gasteiger partial charge in [-0.25, -0.2) is 4.79 Å². The van der Waals surface area contributed by atoms with Crippen LogP contribution in [0.25, 0.3) is 0 Å². The van der Waals surface area contributed by atoms with Gasteiger partial charge in [-0.2, -0.15) is 0 Å². The number of pyridine rings is 1. The van der Waals surface area contributed by atoms with Gasteiger partial charge in [-0.15, -0.1) is 0 Å². The third kappa shape index (κ3) is 5.04. The number of carbonyl (C=O) groups excluding carboxylic acids is 2. The average Bonchev–Trinajstić information content (AvgIpc) is 3.22. The summed E-state index contributed by atoms with van der Waals surface area (Å²) in [5.74, 6) is -0.581. The van der Waals surface area contributed by atoms with E-state index in [4.69, 9.17) is 9.15 Å². The molecule has 0 fully saturated rings. The summed E-state index contributed by atoms with van der Waals surface area (Å²) in [6.45, 7) is 2.17. The summed E-state index contributed by atoms with van der Waals surface area (Å²) < 4.78 is 10.4. The van der Waals surface area contributed by atoms with Crippen LogP contribution in [0.15, 0.2) is 65.5 Å². The largest absolute Gasteiger partial charge is 0.462 e. The van der Waals surface area contributed by atoms with E-state index in [1.54, 1.807) is 42.7 Å². The van der Waals surface area contributed by atoms with Gasteiger partial charge in [0.2, 0.25) is 0 Å². The predicted octanol–water partition coefficient (Wildman–Crippen LogP) is 4.02. The standard InChI is InChI=1S/C21H20N2O4/c1-15-6-7-17(14-18(15)23-20(24)19-5-3-12-26-19)21(25)27-13-2-4-16-8-10-22-11-9-16/h3,5-12,14H,2,4,13H2,1H3,(H,23,24). The summed E-state index contributed by atoms with van der Waals surface area (Å²) in [6.07, 6.45) is 6.46. The highest BCUT2D eigenvalue weighted by Crippen LogP contribution is 2.19. The van der Waals surface area contributed by atoms with Crippen LogP contribution in [0.3, 0.4) is 0 Å². The quantitative estimate of drug-likeness (QED) is 0.506. The molecule has 0 radical (unpaired) electrons. The zero-order valence-electron chi connectivity index (χ0n) is 15.0. The molecule has 0 unspecified atom stereocenters. The van der Waals surface area contributed by atoms with E-state index in [9.17, 15) is 9.59 Å². The van der Waals surface area contributed by atoms with Gasteiger partial charge >= 0.3 is 5.97 Å². The SMILES string of the molecule is Cc1ccc(C(=O)OCCCc2ccncc2)cc1NC(=O)c1ccco1. The predicted molar refractivity (Wildman–Crippen MR) is 101 cm³/mol. The summed E-state index contributed by atoms with van der Waals surface area (Å²) in [5, 5.41) is 2.75. The van der Waals surface area contributed by atoms with Crippen molar-refractivity contribution in [2.24, 2.45) is 0 Å². The Kier molecular flexibility index (Phi) is 5.99. The van der Waals surface area contributed by atoms with Gasteiger partial charge in [-0.3, -0.25) is 9.78 Å². The summed E-state index contributed by atoms with van der Waals surface area (Å²) >= 11 is 0. The number of amides is 1. The number of ether oxygens (including phenoxy) is 1. The molecule has 0 saturated heterocycles. The molecule has 0 saturated carbocycles. The lowest BCUT2D eigenvalue weighted by molar-refractivity contribution is 0.0500. The first-order valence-corrected chi connectivity index (χ1v) is 8.65. The molecule has 0 bridgehead atoms. The molecule has 138 valence electrons. The first kappa shape index (κ1) is 18.4. The summed E-state index contributed by atoms with van der Waals surface area (Å²) in [7, 11) is 0. The van der Waals surface area contributed by atoms with E-state index in [0.717, 1.165) is 24.0 Å². The van der Waals surface area contributed by atoms with Crippen molar-refractivity contribution in [3.63, 3.8) is 0 Å². The van der Waals surface area contributed by atoms with E-state index in [0.29, 0.717) is 17.9 Å². The van der Waals surface area contributed by atoms with Crippen LogP contribution in [0.4, 0.5) is 5.69 Å². The fraction of sp³-hybridized carbons (Fsp3) is 0.190. The van der Waals surface area contributed by atoms with Crippen LogP contribution in [0.5, 0.6) is 0 Å². The van der Waals surface area contributed by atoms with Crippen LogP contribution in [0.2, 0.25) is 0 Å². The molecule has 2 heterocycles. The van der Waals surface area contributed by atoms with Crippen molar-refractivity contribution in [2.75, 3.05) is 11.9 Å². The van der Waals surface area contributed by atoms with Gasteiger partial charge in [0.25, 0.3) is 5.91 Å². The van der Waals surface area contributed by atoms with Crippen LogP contribution < -0.4 is 5.32 Å². The Bertz CT molecular complexity index is 905. The van der Waals surface area contributed by atoms with Gasteiger partial charge in [-0.05, 0) is 67.3 Å². The molecule has 1 aromatic carbocycles. The molecule has 1 amide bonds. The molecule has 0 aliphatic carbocycles. The number of aromatic nitrogens is 1. The van der Waals surface area contributed by atoms with Gasteiger partial charge in [0, 0.05) is 18.1 Å². The molecule has 6 nitrogen and oxygen atoms in total. The maximum atomic E-state index is 12.3. The van der Waals surface area contributed by atoms with Crippen LogP contribution in [0.1, 0.15) is 38.5 Å². The van der Waals surface area contributed by atoms with Crippen LogP contribution in [0, 0.1) is 6.92 Å². The Morgan fingerprint density at radius 2 is 1.96 bits per heavy atom. The lowest BCUT2D eigenvalue weighted by Gasteiger charge is -2.10. The first-order chi connectivity index (χ1) is 13.1. The summed E-state index contributed by atoms with van der Waals surface area (Å²) in [5.41, 5.74) is 2.92. The molecule has 0 aliphatic heterocycles. The number of furan rings is 1. The third-order valence-corrected chi connectivity index (χ3v) is 4.06. The van der Waals surface area contributed by atoms with Gasteiger partial charge in [0.15, 0.2) is 5.76 Å². The highest BCUT2D eigenvalue weighted by atomic mass is 16.5. The summed E-state index contributed by atoms with van der Waals surface area (Å²) in [4.78, 5) is 28.4. The molecule has 3 rings (SSSR count).